The van der Waals surface area contributed by atoms with Crippen LogP contribution in [0.15, 0.2) is 152 Å². The first-order valence-corrected chi connectivity index (χ1v) is 19.4. The highest BCUT2D eigenvalue weighted by Gasteiger charge is 2.70. The van der Waals surface area contributed by atoms with Gasteiger partial charge in [0.25, 0.3) is 11.8 Å². The lowest BCUT2D eigenvalue weighted by atomic mass is 9.49. The first-order chi connectivity index (χ1) is 27.7. The van der Waals surface area contributed by atoms with Crippen molar-refractivity contribution >= 4 is 46.4 Å². The van der Waals surface area contributed by atoms with Crippen LogP contribution in [0.25, 0.3) is 0 Å². The number of phenols is 1. The molecule has 9 rings (SSSR count). The summed E-state index contributed by atoms with van der Waals surface area (Å²) in [5, 5.41) is 16.6. The van der Waals surface area contributed by atoms with Crippen LogP contribution >= 0.6 is 0 Å². The predicted molar refractivity (Wildman–Crippen MR) is 219 cm³/mol. The number of rotatable bonds is 9. The van der Waals surface area contributed by atoms with Gasteiger partial charge in [-0.25, -0.2) is 0 Å². The number of phenolic OH excluding ortho intramolecular Hbond substituents is 1. The van der Waals surface area contributed by atoms with Gasteiger partial charge in [-0.05, 0) is 91.8 Å². The van der Waals surface area contributed by atoms with E-state index in [1.54, 1.807) is 18.2 Å². The number of nitrogens with one attached hydrogen (secondary N) is 2. The third kappa shape index (κ3) is 5.67. The minimum atomic E-state index is -1.48. The molecule has 2 heterocycles. The number of aromatic hydroxyl groups is 1. The highest BCUT2D eigenvalue weighted by Crippen LogP contribution is 2.65. The van der Waals surface area contributed by atoms with Gasteiger partial charge in [-0.2, -0.15) is 5.01 Å². The van der Waals surface area contributed by atoms with Crippen LogP contribution < -0.4 is 15.6 Å². The Hall–Kier alpha value is -6.74. The number of allylic oxidation sites excluding steroid dienone is 3. The highest BCUT2D eigenvalue weighted by atomic mass is 16.3. The predicted octanol–water partition coefficient (Wildman–Crippen LogP) is 8.36. The van der Waals surface area contributed by atoms with Gasteiger partial charge in [0.15, 0.2) is 0 Å². The quantitative estimate of drug-likeness (QED) is 0.102. The average molecular weight is 755 g/mol. The van der Waals surface area contributed by atoms with E-state index in [0.29, 0.717) is 34.5 Å². The van der Waals surface area contributed by atoms with Crippen LogP contribution in [-0.2, 0) is 31.0 Å². The number of carbonyl (C=O) groups excluding carboxylic acids is 4. The SMILES string of the molecule is C=CCc1cccc(C2C3=CCC4C(=O)N(c5ccc(Nc6ccccc6)cc5)C(=O)C4C3CC3C(=O)N(Nc4ccc(C)cc4)C(=O)C32c2ccccc2)c1O. The molecule has 3 N–H and O–H groups in total. The summed E-state index contributed by atoms with van der Waals surface area (Å²) in [6.45, 7) is 5.85. The molecule has 4 amide bonds. The van der Waals surface area contributed by atoms with Crippen molar-refractivity contribution in [2.45, 2.75) is 37.5 Å². The second-order valence-corrected chi connectivity index (χ2v) is 15.5. The summed E-state index contributed by atoms with van der Waals surface area (Å²) in [4.78, 5) is 60.8. The number of nitrogens with zero attached hydrogens (tertiary/aromatic N) is 2. The van der Waals surface area contributed by atoms with E-state index in [0.717, 1.165) is 27.5 Å². The Morgan fingerprint density at radius 1 is 0.754 bits per heavy atom. The van der Waals surface area contributed by atoms with E-state index >= 15 is 4.79 Å². The fraction of sp³-hybridized carbons (Fsp3) is 0.208. The summed E-state index contributed by atoms with van der Waals surface area (Å²) in [5.41, 5.74) is 7.99. The van der Waals surface area contributed by atoms with Gasteiger partial charge in [-0.15, -0.1) is 6.58 Å². The van der Waals surface area contributed by atoms with E-state index < -0.39 is 46.8 Å². The van der Waals surface area contributed by atoms with Crippen molar-refractivity contribution in [3.05, 3.63) is 174 Å². The highest BCUT2D eigenvalue weighted by molar-refractivity contribution is 6.22. The van der Waals surface area contributed by atoms with Gasteiger partial charge in [-0.1, -0.05) is 102 Å². The molecule has 2 aliphatic carbocycles. The van der Waals surface area contributed by atoms with Gasteiger partial charge in [0.2, 0.25) is 11.8 Å². The molecule has 284 valence electrons. The Kier molecular flexibility index (Phi) is 8.88. The monoisotopic (exact) mass is 754 g/mol. The molecule has 0 aromatic heterocycles. The van der Waals surface area contributed by atoms with E-state index in [-0.39, 0.29) is 30.4 Å². The smallest absolute Gasteiger partial charge is 0.260 e. The second kappa shape index (κ2) is 14.1. The topological polar surface area (TPSA) is 119 Å². The van der Waals surface area contributed by atoms with Crippen LogP contribution in [0.4, 0.5) is 22.7 Å². The first kappa shape index (κ1) is 35.9. The number of para-hydroxylation sites is 2. The standard InChI is InChI=1S/C48H42N4O5/c1-3-11-30-12-10-17-38(43(30)53)42-36-26-27-37-41(46(56)51(44(37)54)35-24-22-33(23-25-35)49-32-15-8-5-9-16-32)39(36)28-40-45(55)52(50-34-20-18-29(2)19-21-34)47(57)48(40,42)31-13-6-4-7-14-31/h3-10,12-26,37,39-42,49-50,53H,1,11,27-28H2,2H3. The molecule has 0 radical (unpaired) electrons. The van der Waals surface area contributed by atoms with Crippen molar-refractivity contribution in [1.82, 2.24) is 5.01 Å². The Balaban J connectivity index is 1.16. The molecular formula is C48H42N4O5. The molecule has 9 nitrogen and oxygen atoms in total. The molecule has 2 saturated heterocycles. The molecule has 6 atom stereocenters. The maximum Gasteiger partial charge on any atom is 0.260 e. The Labute approximate surface area is 331 Å². The molecule has 0 spiro atoms. The van der Waals surface area contributed by atoms with Crippen LogP contribution in [0.1, 0.15) is 41.0 Å². The lowest BCUT2D eigenvalue weighted by Gasteiger charge is -2.50. The Morgan fingerprint density at radius 3 is 2.12 bits per heavy atom. The summed E-state index contributed by atoms with van der Waals surface area (Å²) in [5.74, 6) is -5.20. The number of benzene rings is 5. The maximum atomic E-state index is 15.4. The second-order valence-electron chi connectivity index (χ2n) is 15.5. The molecular weight excluding hydrogens is 713 g/mol. The normalized spacial score (nSPS) is 25.1. The number of amides is 4. The van der Waals surface area contributed by atoms with E-state index in [1.165, 1.54) is 4.90 Å². The molecule has 4 aliphatic rings. The fourth-order valence-electron chi connectivity index (χ4n) is 9.89. The molecule has 2 aliphatic heterocycles. The number of imide groups is 2. The number of aryl methyl sites for hydroxylation is 1. The van der Waals surface area contributed by atoms with Crippen molar-refractivity contribution < 1.29 is 24.3 Å². The minimum Gasteiger partial charge on any atom is -0.507 e. The van der Waals surface area contributed by atoms with Gasteiger partial charge in [0, 0.05) is 22.9 Å². The van der Waals surface area contributed by atoms with Gasteiger partial charge in [0.05, 0.1) is 34.5 Å². The largest absolute Gasteiger partial charge is 0.507 e. The zero-order valence-corrected chi connectivity index (χ0v) is 31.5. The molecule has 1 saturated carbocycles. The summed E-state index contributed by atoms with van der Waals surface area (Å²) in [6.07, 6.45) is 4.54. The van der Waals surface area contributed by atoms with Crippen LogP contribution in [0.5, 0.6) is 5.75 Å². The van der Waals surface area contributed by atoms with Crippen molar-refractivity contribution in [2.24, 2.45) is 23.7 Å². The molecule has 5 aromatic carbocycles. The Morgan fingerprint density at radius 2 is 1.42 bits per heavy atom. The minimum absolute atomic E-state index is 0.0185. The van der Waals surface area contributed by atoms with E-state index in [9.17, 15) is 19.5 Å². The molecule has 57 heavy (non-hydrogen) atoms. The summed E-state index contributed by atoms with van der Waals surface area (Å²) in [6, 6.07) is 39.2. The van der Waals surface area contributed by atoms with Crippen molar-refractivity contribution in [1.29, 1.82) is 0 Å². The third-order valence-electron chi connectivity index (χ3n) is 12.4. The molecule has 3 fully saturated rings. The van der Waals surface area contributed by atoms with Crippen molar-refractivity contribution in [2.75, 3.05) is 15.6 Å². The number of fused-ring (bicyclic) bond motifs is 4. The number of hydrogen-bond acceptors (Lipinski definition) is 7. The number of hydrazine groups is 1. The summed E-state index contributed by atoms with van der Waals surface area (Å²) in [7, 11) is 0. The van der Waals surface area contributed by atoms with Gasteiger partial charge in [0.1, 0.15) is 5.75 Å². The molecule has 0 bridgehead atoms. The number of hydrogen-bond donors (Lipinski definition) is 3. The molecule has 6 unspecified atom stereocenters. The average Bonchev–Trinajstić information content (AvgIpc) is 3.61. The zero-order chi connectivity index (χ0) is 39.4. The van der Waals surface area contributed by atoms with E-state index in [4.69, 9.17) is 0 Å². The lowest BCUT2D eigenvalue weighted by molar-refractivity contribution is -0.138. The molecule has 9 heteroatoms. The zero-order valence-electron chi connectivity index (χ0n) is 31.5. The summed E-state index contributed by atoms with van der Waals surface area (Å²) < 4.78 is 0. The summed E-state index contributed by atoms with van der Waals surface area (Å²) >= 11 is 0. The first-order valence-electron chi connectivity index (χ1n) is 19.4. The van der Waals surface area contributed by atoms with Crippen LogP contribution in [0.2, 0.25) is 0 Å². The van der Waals surface area contributed by atoms with E-state index in [1.807, 2.05) is 128 Å². The van der Waals surface area contributed by atoms with Crippen LogP contribution in [0, 0.1) is 30.6 Å². The Bertz CT molecular complexity index is 2450. The van der Waals surface area contributed by atoms with Crippen molar-refractivity contribution in [3.8, 4) is 5.75 Å². The van der Waals surface area contributed by atoms with Crippen LogP contribution in [0.3, 0.4) is 0 Å². The van der Waals surface area contributed by atoms with Gasteiger partial charge in [-0.3, -0.25) is 29.5 Å². The van der Waals surface area contributed by atoms with Gasteiger partial charge >= 0.3 is 0 Å². The fourth-order valence-corrected chi connectivity index (χ4v) is 9.89. The molecule has 5 aromatic rings. The van der Waals surface area contributed by atoms with Gasteiger partial charge < -0.3 is 10.4 Å². The lowest BCUT2D eigenvalue weighted by Crippen LogP contribution is -2.53. The van der Waals surface area contributed by atoms with Crippen LogP contribution in [-0.4, -0.2) is 33.7 Å². The number of anilines is 4. The third-order valence-corrected chi connectivity index (χ3v) is 12.4. The number of carbonyl (C=O) groups is 4. The van der Waals surface area contributed by atoms with E-state index in [2.05, 4.69) is 17.3 Å². The maximum absolute atomic E-state index is 15.4. The van der Waals surface area contributed by atoms with Crippen molar-refractivity contribution in [3.63, 3.8) is 0 Å².